The fourth-order valence-electron chi connectivity index (χ4n) is 1.64. The fraction of sp³-hybridized carbons (Fsp3) is 0.308. The third-order valence-electron chi connectivity index (χ3n) is 2.50. The van der Waals surface area contributed by atoms with Gasteiger partial charge in [-0.2, -0.15) is 5.10 Å². The molecule has 1 aromatic heterocycles. The first kappa shape index (κ1) is 12.0. The predicted octanol–water partition coefficient (Wildman–Crippen LogP) is 3.03. The molecule has 90 valence electrons. The van der Waals surface area contributed by atoms with Crippen LogP contribution in [0.25, 0.3) is 0 Å². The highest BCUT2D eigenvalue weighted by molar-refractivity contribution is 7.98. The minimum absolute atomic E-state index is 0.886. The molecule has 0 atom stereocenters. The number of anilines is 1. The van der Waals surface area contributed by atoms with E-state index >= 15 is 0 Å². The lowest BCUT2D eigenvalue weighted by atomic mass is 10.3. The molecule has 4 heteroatoms. The molecule has 0 radical (unpaired) electrons. The van der Waals surface area contributed by atoms with E-state index in [0.717, 1.165) is 13.1 Å². The molecular formula is C13H17N3S. The second-order valence-electron chi connectivity index (χ2n) is 3.94. The van der Waals surface area contributed by atoms with Crippen molar-refractivity contribution in [3.8, 4) is 0 Å². The van der Waals surface area contributed by atoms with Crippen LogP contribution in [0.2, 0.25) is 0 Å². The standard InChI is InChI=1S/C13H17N3S/c1-11-9-15-16(10-11)7-6-14-12-4-3-5-13(8-12)17-2/h3-5,8-10,14H,6-7H2,1-2H3. The molecule has 0 bridgehead atoms. The van der Waals surface area contributed by atoms with Crippen molar-refractivity contribution in [2.45, 2.75) is 18.4 Å². The van der Waals surface area contributed by atoms with Crippen LogP contribution in [0, 0.1) is 6.92 Å². The number of hydrogen-bond donors (Lipinski definition) is 1. The molecule has 0 spiro atoms. The van der Waals surface area contributed by atoms with Gasteiger partial charge in [0.15, 0.2) is 0 Å². The molecule has 17 heavy (non-hydrogen) atoms. The SMILES string of the molecule is CSc1cccc(NCCn2cc(C)cn2)c1. The van der Waals surface area contributed by atoms with Gasteiger partial charge in [-0.25, -0.2) is 0 Å². The molecule has 0 aliphatic carbocycles. The van der Waals surface area contributed by atoms with E-state index < -0.39 is 0 Å². The van der Waals surface area contributed by atoms with Gasteiger partial charge in [0, 0.05) is 23.3 Å². The van der Waals surface area contributed by atoms with Crippen LogP contribution in [-0.4, -0.2) is 22.6 Å². The van der Waals surface area contributed by atoms with Gasteiger partial charge in [-0.3, -0.25) is 4.68 Å². The molecule has 1 aromatic carbocycles. The maximum absolute atomic E-state index is 4.25. The van der Waals surface area contributed by atoms with Crippen LogP contribution in [0.15, 0.2) is 41.6 Å². The van der Waals surface area contributed by atoms with Crippen molar-refractivity contribution in [3.63, 3.8) is 0 Å². The predicted molar refractivity (Wildman–Crippen MR) is 73.7 cm³/mol. The van der Waals surface area contributed by atoms with Crippen molar-refractivity contribution in [3.05, 3.63) is 42.2 Å². The lowest BCUT2D eigenvalue weighted by Gasteiger charge is -2.07. The summed E-state index contributed by atoms with van der Waals surface area (Å²) in [5.41, 5.74) is 2.37. The second kappa shape index (κ2) is 5.77. The zero-order chi connectivity index (χ0) is 12.1. The van der Waals surface area contributed by atoms with Gasteiger partial charge in [-0.1, -0.05) is 6.07 Å². The van der Waals surface area contributed by atoms with E-state index in [1.807, 2.05) is 10.9 Å². The number of thioether (sulfide) groups is 1. The van der Waals surface area contributed by atoms with E-state index in [1.54, 1.807) is 11.8 Å². The minimum Gasteiger partial charge on any atom is -0.383 e. The van der Waals surface area contributed by atoms with Crippen molar-refractivity contribution >= 4 is 17.4 Å². The summed E-state index contributed by atoms with van der Waals surface area (Å²) in [7, 11) is 0. The average molecular weight is 247 g/mol. The van der Waals surface area contributed by atoms with Crippen molar-refractivity contribution in [2.75, 3.05) is 18.1 Å². The Balaban J connectivity index is 1.85. The normalized spacial score (nSPS) is 10.5. The number of nitrogens with one attached hydrogen (secondary N) is 1. The van der Waals surface area contributed by atoms with Gasteiger partial charge >= 0.3 is 0 Å². The maximum atomic E-state index is 4.25. The van der Waals surface area contributed by atoms with Gasteiger partial charge in [-0.15, -0.1) is 11.8 Å². The number of rotatable bonds is 5. The Morgan fingerprint density at radius 3 is 3.00 bits per heavy atom. The smallest absolute Gasteiger partial charge is 0.0582 e. The summed E-state index contributed by atoms with van der Waals surface area (Å²) in [6.07, 6.45) is 6.03. The third-order valence-corrected chi connectivity index (χ3v) is 3.23. The molecule has 0 saturated heterocycles. The number of benzene rings is 1. The number of aromatic nitrogens is 2. The quantitative estimate of drug-likeness (QED) is 0.824. The molecule has 0 amide bonds. The summed E-state index contributed by atoms with van der Waals surface area (Å²) in [5.74, 6) is 0. The Bertz CT molecular complexity index is 479. The lowest BCUT2D eigenvalue weighted by Crippen LogP contribution is -2.10. The lowest BCUT2D eigenvalue weighted by molar-refractivity contribution is 0.637. The minimum atomic E-state index is 0.886. The van der Waals surface area contributed by atoms with Crippen molar-refractivity contribution in [1.82, 2.24) is 9.78 Å². The topological polar surface area (TPSA) is 29.9 Å². The zero-order valence-corrected chi connectivity index (χ0v) is 11.0. The van der Waals surface area contributed by atoms with E-state index in [0.29, 0.717) is 0 Å². The molecular weight excluding hydrogens is 230 g/mol. The first-order chi connectivity index (χ1) is 8.28. The number of hydrogen-bond acceptors (Lipinski definition) is 3. The molecule has 0 aliphatic rings. The Hall–Kier alpha value is -1.42. The number of nitrogens with zero attached hydrogens (tertiary/aromatic N) is 2. The van der Waals surface area contributed by atoms with Crippen LogP contribution in [0.1, 0.15) is 5.56 Å². The van der Waals surface area contributed by atoms with Crippen LogP contribution in [0.3, 0.4) is 0 Å². The molecule has 3 nitrogen and oxygen atoms in total. The van der Waals surface area contributed by atoms with Gasteiger partial charge in [0.2, 0.25) is 0 Å². The number of aryl methyl sites for hydroxylation is 1. The third kappa shape index (κ3) is 3.53. The second-order valence-corrected chi connectivity index (χ2v) is 4.82. The van der Waals surface area contributed by atoms with Crippen molar-refractivity contribution in [2.24, 2.45) is 0 Å². The Morgan fingerprint density at radius 2 is 2.29 bits per heavy atom. The zero-order valence-electron chi connectivity index (χ0n) is 10.2. The summed E-state index contributed by atoms with van der Waals surface area (Å²) in [4.78, 5) is 1.28. The first-order valence-corrected chi connectivity index (χ1v) is 6.87. The van der Waals surface area contributed by atoms with E-state index in [2.05, 4.69) is 54.1 Å². The van der Waals surface area contributed by atoms with Gasteiger partial charge in [0.1, 0.15) is 0 Å². The largest absolute Gasteiger partial charge is 0.383 e. The van der Waals surface area contributed by atoms with Gasteiger partial charge in [-0.05, 0) is 36.9 Å². The molecule has 1 N–H and O–H groups in total. The summed E-state index contributed by atoms with van der Waals surface area (Å²) >= 11 is 1.76. The highest BCUT2D eigenvalue weighted by Crippen LogP contribution is 2.18. The highest BCUT2D eigenvalue weighted by atomic mass is 32.2. The summed E-state index contributed by atoms with van der Waals surface area (Å²) in [5, 5.41) is 7.66. The summed E-state index contributed by atoms with van der Waals surface area (Å²) in [6, 6.07) is 8.45. The Morgan fingerprint density at radius 1 is 1.41 bits per heavy atom. The van der Waals surface area contributed by atoms with Gasteiger partial charge in [0.05, 0.1) is 12.7 Å². The monoisotopic (exact) mass is 247 g/mol. The van der Waals surface area contributed by atoms with Crippen LogP contribution >= 0.6 is 11.8 Å². The molecule has 0 aliphatic heterocycles. The van der Waals surface area contributed by atoms with Crippen LogP contribution in [0.4, 0.5) is 5.69 Å². The Labute approximate surface area is 106 Å². The average Bonchev–Trinajstić information content (AvgIpc) is 2.75. The molecule has 0 unspecified atom stereocenters. The molecule has 0 fully saturated rings. The Kier molecular flexibility index (Phi) is 4.09. The molecule has 0 saturated carbocycles. The molecule has 2 aromatic rings. The van der Waals surface area contributed by atoms with Crippen molar-refractivity contribution < 1.29 is 0 Å². The molecule has 2 rings (SSSR count). The fourth-order valence-corrected chi connectivity index (χ4v) is 2.10. The summed E-state index contributed by atoms with van der Waals surface area (Å²) in [6.45, 7) is 3.83. The van der Waals surface area contributed by atoms with Gasteiger partial charge in [0.25, 0.3) is 0 Å². The molecule has 1 heterocycles. The van der Waals surface area contributed by atoms with E-state index in [4.69, 9.17) is 0 Å². The van der Waals surface area contributed by atoms with E-state index in [1.165, 1.54) is 16.1 Å². The maximum Gasteiger partial charge on any atom is 0.0582 e. The van der Waals surface area contributed by atoms with E-state index in [-0.39, 0.29) is 0 Å². The first-order valence-electron chi connectivity index (χ1n) is 5.65. The van der Waals surface area contributed by atoms with E-state index in [9.17, 15) is 0 Å². The van der Waals surface area contributed by atoms with Crippen molar-refractivity contribution in [1.29, 1.82) is 0 Å². The summed E-state index contributed by atoms with van der Waals surface area (Å²) < 4.78 is 1.96. The van der Waals surface area contributed by atoms with Gasteiger partial charge < -0.3 is 5.32 Å². The van der Waals surface area contributed by atoms with Crippen LogP contribution in [0.5, 0.6) is 0 Å². The van der Waals surface area contributed by atoms with Crippen LogP contribution < -0.4 is 5.32 Å². The van der Waals surface area contributed by atoms with Crippen LogP contribution in [-0.2, 0) is 6.54 Å². The highest BCUT2D eigenvalue weighted by Gasteiger charge is 1.96.